The minimum Gasteiger partial charge on any atom is -0.481 e. The molecule has 144 valence electrons. The van der Waals surface area contributed by atoms with E-state index in [1.807, 2.05) is 24.3 Å². The summed E-state index contributed by atoms with van der Waals surface area (Å²) in [6, 6.07) is 11.0. The van der Waals surface area contributed by atoms with Crippen LogP contribution in [0.5, 0.6) is 5.75 Å². The van der Waals surface area contributed by atoms with E-state index in [1.165, 1.54) is 7.11 Å². The molecule has 0 saturated carbocycles. The van der Waals surface area contributed by atoms with Crippen LogP contribution in [0.3, 0.4) is 0 Å². The van der Waals surface area contributed by atoms with Gasteiger partial charge >= 0.3 is 5.97 Å². The monoisotopic (exact) mass is 379 g/mol. The van der Waals surface area contributed by atoms with Crippen LogP contribution in [0, 0.1) is 12.3 Å². The molecular formula is C21H21N3O4. The number of nitrogens with one attached hydrogen (secondary N) is 1. The molecule has 1 aliphatic rings. The van der Waals surface area contributed by atoms with Crippen molar-refractivity contribution in [3.8, 4) is 18.1 Å². The summed E-state index contributed by atoms with van der Waals surface area (Å²) in [5.41, 5.74) is 0.200. The standard InChI is InChI=1S/C21H21N3O4/c1-3-4-12-21(23-24-21)13-11-19(25)22-17-9-10-18(28-14-20(26)27-2)16-8-6-5-7-15(16)17/h1,5-10H,4,11-14H2,2H3,(H,22,25). The summed E-state index contributed by atoms with van der Waals surface area (Å²) in [5.74, 6) is 2.54. The molecule has 0 fully saturated rings. The molecule has 0 spiro atoms. The van der Waals surface area contributed by atoms with Gasteiger partial charge in [-0.15, -0.1) is 12.3 Å². The zero-order valence-corrected chi connectivity index (χ0v) is 15.6. The van der Waals surface area contributed by atoms with E-state index >= 15 is 0 Å². The van der Waals surface area contributed by atoms with Crippen molar-refractivity contribution >= 4 is 28.3 Å². The van der Waals surface area contributed by atoms with Crippen LogP contribution in [-0.4, -0.2) is 31.3 Å². The van der Waals surface area contributed by atoms with Gasteiger partial charge in [-0.2, -0.15) is 10.2 Å². The molecule has 1 amide bonds. The highest BCUT2D eigenvalue weighted by molar-refractivity contribution is 6.04. The van der Waals surface area contributed by atoms with Crippen molar-refractivity contribution in [3.05, 3.63) is 36.4 Å². The summed E-state index contributed by atoms with van der Waals surface area (Å²) >= 11 is 0. The van der Waals surface area contributed by atoms with Crippen LogP contribution in [0.1, 0.15) is 25.7 Å². The third kappa shape index (κ3) is 4.65. The second kappa shape index (κ2) is 8.53. The molecule has 0 aromatic heterocycles. The number of amides is 1. The van der Waals surface area contributed by atoms with E-state index in [9.17, 15) is 9.59 Å². The first-order valence-electron chi connectivity index (χ1n) is 8.96. The first-order valence-corrected chi connectivity index (χ1v) is 8.96. The number of carbonyl (C=O) groups excluding carboxylic acids is 2. The fourth-order valence-electron chi connectivity index (χ4n) is 2.90. The number of methoxy groups -OCH3 is 1. The quantitative estimate of drug-likeness (QED) is 0.532. The Morgan fingerprint density at radius 2 is 1.89 bits per heavy atom. The van der Waals surface area contributed by atoms with Gasteiger partial charge in [0.2, 0.25) is 5.91 Å². The Bertz CT molecular complexity index is 956. The van der Waals surface area contributed by atoms with Gasteiger partial charge in [-0.3, -0.25) is 4.79 Å². The van der Waals surface area contributed by atoms with Gasteiger partial charge in [0.15, 0.2) is 12.3 Å². The second-order valence-corrected chi connectivity index (χ2v) is 6.46. The summed E-state index contributed by atoms with van der Waals surface area (Å²) in [7, 11) is 1.31. The van der Waals surface area contributed by atoms with E-state index in [0.717, 1.165) is 10.8 Å². The second-order valence-electron chi connectivity index (χ2n) is 6.46. The van der Waals surface area contributed by atoms with Gasteiger partial charge in [0.1, 0.15) is 5.75 Å². The van der Waals surface area contributed by atoms with E-state index in [1.54, 1.807) is 12.1 Å². The highest BCUT2D eigenvalue weighted by Crippen LogP contribution is 2.38. The predicted molar refractivity (Wildman–Crippen MR) is 105 cm³/mol. The Morgan fingerprint density at radius 1 is 1.14 bits per heavy atom. The van der Waals surface area contributed by atoms with Crippen LogP contribution in [0.2, 0.25) is 0 Å². The Morgan fingerprint density at radius 3 is 2.57 bits per heavy atom. The summed E-state index contributed by atoms with van der Waals surface area (Å²) in [6.45, 7) is -0.182. The van der Waals surface area contributed by atoms with E-state index in [4.69, 9.17) is 11.2 Å². The number of hydrogen-bond acceptors (Lipinski definition) is 6. The fraction of sp³-hybridized carbons (Fsp3) is 0.333. The number of esters is 1. The zero-order valence-electron chi connectivity index (χ0n) is 15.6. The molecule has 1 N–H and O–H groups in total. The van der Waals surface area contributed by atoms with Crippen molar-refractivity contribution < 1.29 is 19.1 Å². The predicted octanol–water partition coefficient (Wildman–Crippen LogP) is 3.69. The largest absolute Gasteiger partial charge is 0.481 e. The first-order chi connectivity index (χ1) is 13.6. The number of fused-ring (bicyclic) bond motifs is 1. The molecular weight excluding hydrogens is 358 g/mol. The van der Waals surface area contributed by atoms with Gasteiger partial charge in [0.25, 0.3) is 0 Å². The molecule has 3 rings (SSSR count). The smallest absolute Gasteiger partial charge is 0.343 e. The maximum Gasteiger partial charge on any atom is 0.343 e. The van der Waals surface area contributed by atoms with E-state index < -0.39 is 11.6 Å². The van der Waals surface area contributed by atoms with Gasteiger partial charge in [0, 0.05) is 42.1 Å². The third-order valence-corrected chi connectivity index (χ3v) is 4.54. The number of terminal acetylenes is 1. The molecule has 2 aromatic carbocycles. The normalized spacial score (nSPS) is 13.6. The Hall–Kier alpha value is -3.40. The fourth-order valence-corrected chi connectivity index (χ4v) is 2.90. The first kappa shape index (κ1) is 19.4. The Kier molecular flexibility index (Phi) is 5.90. The van der Waals surface area contributed by atoms with Gasteiger partial charge in [-0.1, -0.05) is 24.3 Å². The molecule has 0 bridgehead atoms. The molecule has 0 atom stereocenters. The average Bonchev–Trinajstić information content (AvgIpc) is 3.50. The highest BCUT2D eigenvalue weighted by Gasteiger charge is 2.39. The minimum atomic E-state index is -0.475. The summed E-state index contributed by atoms with van der Waals surface area (Å²) < 4.78 is 10.1. The van der Waals surface area contributed by atoms with Crippen LogP contribution >= 0.6 is 0 Å². The van der Waals surface area contributed by atoms with Crippen molar-refractivity contribution in [2.45, 2.75) is 31.3 Å². The van der Waals surface area contributed by atoms with Crippen LogP contribution in [-0.2, 0) is 14.3 Å². The maximum atomic E-state index is 12.4. The summed E-state index contributed by atoms with van der Waals surface area (Å²) in [4.78, 5) is 23.7. The average molecular weight is 379 g/mol. The van der Waals surface area contributed by atoms with Crippen LogP contribution < -0.4 is 10.1 Å². The number of ether oxygens (including phenoxy) is 2. The molecule has 7 nitrogen and oxygen atoms in total. The number of hydrogen-bond donors (Lipinski definition) is 1. The van der Waals surface area contributed by atoms with Gasteiger partial charge in [0.05, 0.1) is 7.11 Å². The van der Waals surface area contributed by atoms with Gasteiger partial charge in [-0.25, -0.2) is 4.79 Å². The van der Waals surface area contributed by atoms with Gasteiger partial charge < -0.3 is 14.8 Å². The molecule has 0 radical (unpaired) electrons. The lowest BCUT2D eigenvalue weighted by molar-refractivity contribution is -0.142. The zero-order chi connectivity index (χ0) is 20.0. The Balaban J connectivity index is 1.67. The van der Waals surface area contributed by atoms with Crippen molar-refractivity contribution in [1.29, 1.82) is 0 Å². The van der Waals surface area contributed by atoms with Crippen molar-refractivity contribution in [2.75, 3.05) is 19.0 Å². The number of carbonyl (C=O) groups is 2. The topological polar surface area (TPSA) is 89.3 Å². The number of benzene rings is 2. The molecule has 2 aromatic rings. The lowest BCUT2D eigenvalue weighted by Gasteiger charge is -2.13. The summed E-state index contributed by atoms with van der Waals surface area (Å²) in [6.07, 6.45) is 7.38. The van der Waals surface area contributed by atoms with Crippen molar-refractivity contribution in [2.24, 2.45) is 10.2 Å². The highest BCUT2D eigenvalue weighted by atomic mass is 16.6. The van der Waals surface area contributed by atoms with Crippen LogP contribution in [0.25, 0.3) is 10.8 Å². The van der Waals surface area contributed by atoms with E-state index in [0.29, 0.717) is 37.1 Å². The molecule has 1 aliphatic heterocycles. The van der Waals surface area contributed by atoms with Crippen LogP contribution in [0.4, 0.5) is 5.69 Å². The Labute approximate surface area is 163 Å². The number of nitrogens with zero attached hydrogens (tertiary/aromatic N) is 2. The van der Waals surface area contributed by atoms with Crippen LogP contribution in [0.15, 0.2) is 46.6 Å². The molecule has 1 heterocycles. The molecule has 28 heavy (non-hydrogen) atoms. The molecule has 0 unspecified atom stereocenters. The molecule has 0 saturated heterocycles. The number of rotatable bonds is 9. The molecule has 0 aliphatic carbocycles. The third-order valence-electron chi connectivity index (χ3n) is 4.54. The van der Waals surface area contributed by atoms with E-state index in [-0.39, 0.29) is 12.5 Å². The maximum absolute atomic E-state index is 12.4. The lowest BCUT2D eigenvalue weighted by Crippen LogP contribution is -2.18. The minimum absolute atomic E-state index is 0.120. The van der Waals surface area contributed by atoms with Crippen molar-refractivity contribution in [1.82, 2.24) is 0 Å². The van der Waals surface area contributed by atoms with E-state index in [2.05, 4.69) is 26.2 Å². The van der Waals surface area contributed by atoms with Crippen molar-refractivity contribution in [3.63, 3.8) is 0 Å². The van der Waals surface area contributed by atoms with Gasteiger partial charge in [-0.05, 0) is 12.1 Å². The summed E-state index contributed by atoms with van der Waals surface area (Å²) in [5, 5.41) is 12.6. The molecule has 7 heteroatoms. The SMILES string of the molecule is C#CCCC1(CCC(=O)Nc2ccc(OCC(=O)OC)c3ccccc23)N=N1. The number of anilines is 1. The lowest BCUT2D eigenvalue weighted by atomic mass is 10.0.